The smallest absolute Gasteiger partial charge is 0.416 e. The Bertz CT molecular complexity index is 618. The summed E-state index contributed by atoms with van der Waals surface area (Å²) in [5.74, 6) is 0.659. The first-order chi connectivity index (χ1) is 9.43. The van der Waals surface area contributed by atoms with Crippen molar-refractivity contribution in [2.45, 2.75) is 37.9 Å². The van der Waals surface area contributed by atoms with Crippen LogP contribution in [-0.2, 0) is 6.18 Å². The Labute approximate surface area is 126 Å². The van der Waals surface area contributed by atoms with Gasteiger partial charge in [-0.15, -0.1) is 12.4 Å². The Balaban J connectivity index is 0.00000161. The molecule has 3 rings (SSSR count). The van der Waals surface area contributed by atoms with Gasteiger partial charge in [0.15, 0.2) is 11.5 Å². The molecule has 116 valence electrons. The molecule has 1 aliphatic heterocycles. The number of hydrogen-bond acceptors (Lipinski definition) is 3. The molecule has 1 aliphatic rings. The highest BCUT2D eigenvalue weighted by Crippen LogP contribution is 2.33. The second-order valence-electron chi connectivity index (χ2n) is 5.32. The molecule has 0 amide bonds. The van der Waals surface area contributed by atoms with Crippen LogP contribution in [0.25, 0.3) is 11.1 Å². The standard InChI is InChI=1S/C14H15F3N2O.ClH/c1-8-2-3-9(7-18-8)13-19-11-6-10(14(15,16)17)4-5-12(11)20-13;/h4-6,8-9,18H,2-3,7H2,1H3;1H/t8-,9?;/m1./s1. The molecule has 2 atom stereocenters. The van der Waals surface area contributed by atoms with Crippen molar-refractivity contribution in [1.29, 1.82) is 0 Å². The highest BCUT2D eigenvalue weighted by atomic mass is 35.5. The van der Waals surface area contributed by atoms with Crippen molar-refractivity contribution < 1.29 is 17.6 Å². The van der Waals surface area contributed by atoms with Crippen LogP contribution in [0.2, 0.25) is 0 Å². The van der Waals surface area contributed by atoms with Crippen LogP contribution in [-0.4, -0.2) is 17.6 Å². The van der Waals surface area contributed by atoms with Crippen molar-refractivity contribution >= 4 is 23.5 Å². The molecular weight excluding hydrogens is 305 g/mol. The fourth-order valence-electron chi connectivity index (χ4n) is 2.51. The molecule has 2 aromatic rings. The molecule has 1 fully saturated rings. The van der Waals surface area contributed by atoms with E-state index in [4.69, 9.17) is 4.42 Å². The summed E-state index contributed by atoms with van der Waals surface area (Å²) in [5.41, 5.74) is -0.0136. The summed E-state index contributed by atoms with van der Waals surface area (Å²) < 4.78 is 43.5. The summed E-state index contributed by atoms with van der Waals surface area (Å²) in [5, 5.41) is 3.33. The number of nitrogens with one attached hydrogen (secondary N) is 1. The van der Waals surface area contributed by atoms with E-state index < -0.39 is 11.7 Å². The van der Waals surface area contributed by atoms with Gasteiger partial charge in [-0.2, -0.15) is 13.2 Å². The molecule has 1 N–H and O–H groups in total. The van der Waals surface area contributed by atoms with Crippen molar-refractivity contribution in [3.8, 4) is 0 Å². The average Bonchev–Trinajstić information content (AvgIpc) is 2.81. The lowest BCUT2D eigenvalue weighted by Crippen LogP contribution is -2.35. The van der Waals surface area contributed by atoms with Gasteiger partial charge in [0.1, 0.15) is 5.52 Å². The zero-order chi connectivity index (χ0) is 14.3. The first-order valence-electron chi connectivity index (χ1n) is 6.64. The van der Waals surface area contributed by atoms with E-state index in [1.54, 1.807) is 0 Å². The van der Waals surface area contributed by atoms with Crippen LogP contribution in [0.4, 0.5) is 13.2 Å². The highest BCUT2D eigenvalue weighted by Gasteiger charge is 2.31. The summed E-state index contributed by atoms with van der Waals surface area (Å²) in [7, 11) is 0. The van der Waals surface area contributed by atoms with Crippen molar-refractivity contribution in [1.82, 2.24) is 10.3 Å². The number of aromatic nitrogens is 1. The summed E-state index contributed by atoms with van der Waals surface area (Å²) in [6, 6.07) is 3.88. The maximum absolute atomic E-state index is 12.7. The Hall–Kier alpha value is -1.27. The number of benzene rings is 1. The lowest BCUT2D eigenvalue weighted by Gasteiger charge is -2.25. The van der Waals surface area contributed by atoms with Crippen LogP contribution in [0.1, 0.15) is 37.1 Å². The Morgan fingerprint density at radius 1 is 1.29 bits per heavy atom. The van der Waals surface area contributed by atoms with Crippen LogP contribution in [0, 0.1) is 0 Å². The minimum Gasteiger partial charge on any atom is -0.440 e. The fraction of sp³-hybridized carbons (Fsp3) is 0.500. The average molecular weight is 321 g/mol. The van der Waals surface area contributed by atoms with Gasteiger partial charge in [0.05, 0.1) is 5.56 Å². The van der Waals surface area contributed by atoms with E-state index >= 15 is 0 Å². The van der Waals surface area contributed by atoms with Gasteiger partial charge in [0.2, 0.25) is 0 Å². The number of rotatable bonds is 1. The van der Waals surface area contributed by atoms with Gasteiger partial charge in [0, 0.05) is 18.5 Å². The lowest BCUT2D eigenvalue weighted by molar-refractivity contribution is -0.137. The first kappa shape index (κ1) is 16.1. The number of fused-ring (bicyclic) bond motifs is 1. The van der Waals surface area contributed by atoms with Crippen molar-refractivity contribution in [2.75, 3.05) is 6.54 Å². The predicted molar refractivity (Wildman–Crippen MR) is 75.7 cm³/mol. The van der Waals surface area contributed by atoms with E-state index in [2.05, 4.69) is 17.2 Å². The van der Waals surface area contributed by atoms with Gasteiger partial charge in [-0.25, -0.2) is 4.98 Å². The molecule has 1 aromatic carbocycles. The Kier molecular flexibility index (Phi) is 4.49. The summed E-state index contributed by atoms with van der Waals surface area (Å²) in [6.07, 6.45) is -2.40. The SMILES string of the molecule is C[C@@H]1CCC(c2nc3cc(C(F)(F)F)ccc3o2)CN1.Cl. The van der Waals surface area contributed by atoms with Gasteiger partial charge >= 0.3 is 6.18 Å². The quantitative estimate of drug-likeness (QED) is 0.858. The van der Waals surface area contributed by atoms with Crippen LogP contribution < -0.4 is 5.32 Å². The zero-order valence-electron chi connectivity index (χ0n) is 11.4. The van der Waals surface area contributed by atoms with E-state index in [-0.39, 0.29) is 23.8 Å². The second-order valence-corrected chi connectivity index (χ2v) is 5.32. The lowest BCUT2D eigenvalue weighted by atomic mass is 9.95. The monoisotopic (exact) mass is 320 g/mol. The minimum absolute atomic E-state index is 0. The molecule has 7 heteroatoms. The maximum Gasteiger partial charge on any atom is 0.416 e. The maximum atomic E-state index is 12.7. The predicted octanol–water partition coefficient (Wildman–Crippen LogP) is 4.12. The third-order valence-electron chi connectivity index (χ3n) is 3.74. The number of hydrogen-bond donors (Lipinski definition) is 1. The molecule has 1 saturated heterocycles. The van der Waals surface area contributed by atoms with E-state index in [1.165, 1.54) is 6.07 Å². The zero-order valence-corrected chi connectivity index (χ0v) is 12.2. The molecule has 0 bridgehead atoms. The van der Waals surface area contributed by atoms with E-state index in [0.29, 0.717) is 17.5 Å². The van der Waals surface area contributed by atoms with E-state index in [9.17, 15) is 13.2 Å². The highest BCUT2D eigenvalue weighted by molar-refractivity contribution is 5.85. The molecule has 1 unspecified atom stereocenters. The van der Waals surface area contributed by atoms with Crippen LogP contribution in [0.3, 0.4) is 0 Å². The van der Waals surface area contributed by atoms with E-state index in [1.807, 2.05) is 0 Å². The molecule has 0 saturated carbocycles. The summed E-state index contributed by atoms with van der Waals surface area (Å²) in [6.45, 7) is 2.86. The molecule has 3 nitrogen and oxygen atoms in total. The molecule has 0 radical (unpaired) electrons. The molecular formula is C14H16ClF3N2O. The summed E-state index contributed by atoms with van der Waals surface area (Å²) in [4.78, 5) is 4.23. The molecule has 0 spiro atoms. The number of halogens is 4. The van der Waals surface area contributed by atoms with Crippen LogP contribution >= 0.6 is 12.4 Å². The van der Waals surface area contributed by atoms with E-state index in [0.717, 1.165) is 31.5 Å². The second kappa shape index (κ2) is 5.85. The summed E-state index contributed by atoms with van der Waals surface area (Å²) >= 11 is 0. The molecule has 1 aromatic heterocycles. The van der Waals surface area contributed by atoms with Crippen molar-refractivity contribution in [3.63, 3.8) is 0 Å². The van der Waals surface area contributed by atoms with Gasteiger partial charge < -0.3 is 9.73 Å². The topological polar surface area (TPSA) is 38.1 Å². The number of piperidine rings is 1. The number of alkyl halides is 3. The number of oxazole rings is 1. The molecule has 2 heterocycles. The normalized spacial score (nSPS) is 23.0. The minimum atomic E-state index is -4.35. The Morgan fingerprint density at radius 3 is 2.67 bits per heavy atom. The Morgan fingerprint density at radius 2 is 2.05 bits per heavy atom. The van der Waals surface area contributed by atoms with Gasteiger partial charge in [-0.1, -0.05) is 0 Å². The molecule has 21 heavy (non-hydrogen) atoms. The number of nitrogens with zero attached hydrogens (tertiary/aromatic N) is 1. The van der Waals surface area contributed by atoms with Gasteiger partial charge in [-0.3, -0.25) is 0 Å². The van der Waals surface area contributed by atoms with Gasteiger partial charge in [-0.05, 0) is 38.0 Å². The van der Waals surface area contributed by atoms with Crippen molar-refractivity contribution in [3.05, 3.63) is 29.7 Å². The van der Waals surface area contributed by atoms with Gasteiger partial charge in [0.25, 0.3) is 0 Å². The molecule has 0 aliphatic carbocycles. The third-order valence-corrected chi connectivity index (χ3v) is 3.74. The van der Waals surface area contributed by atoms with Crippen molar-refractivity contribution in [2.24, 2.45) is 0 Å². The van der Waals surface area contributed by atoms with Crippen LogP contribution in [0.5, 0.6) is 0 Å². The third kappa shape index (κ3) is 3.32. The first-order valence-corrected chi connectivity index (χ1v) is 6.64. The fourth-order valence-corrected chi connectivity index (χ4v) is 2.51. The largest absolute Gasteiger partial charge is 0.440 e. The van der Waals surface area contributed by atoms with Crippen LogP contribution in [0.15, 0.2) is 22.6 Å².